The van der Waals surface area contributed by atoms with E-state index in [1.54, 1.807) is 0 Å². The van der Waals surface area contributed by atoms with Crippen molar-refractivity contribution < 1.29 is 26.7 Å². The van der Waals surface area contributed by atoms with Crippen LogP contribution < -0.4 is 4.31 Å². The number of aliphatic hydroxyl groups excluding tert-OH is 1. The van der Waals surface area contributed by atoms with Crippen LogP contribution in [0.1, 0.15) is 30.4 Å². The van der Waals surface area contributed by atoms with Crippen molar-refractivity contribution in [2.45, 2.75) is 30.2 Å². The molecular weight excluding hydrogens is 369 g/mol. The quantitative estimate of drug-likeness (QED) is 0.847. The molecular formula is C17H17F3N2O3S. The van der Waals surface area contributed by atoms with E-state index in [1.165, 1.54) is 12.1 Å². The van der Waals surface area contributed by atoms with E-state index >= 15 is 0 Å². The highest BCUT2D eigenvalue weighted by Crippen LogP contribution is 2.62. The largest absolute Gasteiger partial charge is 0.417 e. The Labute approximate surface area is 149 Å². The molecule has 1 aromatic carbocycles. The SMILES string of the molecule is N#Cc1ccc(N2C[C@H]3[C@H]4CC[C@@H](C4)[C@@]3(CO)S2(=O)=O)cc1C(F)(F)F. The minimum absolute atomic E-state index is 0.0766. The Bertz CT molecular complexity index is 909. The normalized spacial score (nSPS) is 34.7. The fourth-order valence-corrected chi connectivity index (χ4v) is 7.91. The molecule has 0 amide bonds. The van der Waals surface area contributed by atoms with Gasteiger partial charge in [0.25, 0.3) is 0 Å². The number of anilines is 1. The number of alkyl halides is 3. The third-order valence-corrected chi connectivity index (χ3v) is 9.12. The molecule has 1 heterocycles. The van der Waals surface area contributed by atoms with E-state index in [4.69, 9.17) is 5.26 Å². The number of halogens is 3. The Balaban J connectivity index is 1.83. The van der Waals surface area contributed by atoms with Crippen molar-refractivity contribution >= 4 is 15.7 Å². The van der Waals surface area contributed by atoms with E-state index in [-0.39, 0.29) is 30.0 Å². The summed E-state index contributed by atoms with van der Waals surface area (Å²) < 4.78 is 66.0. The fourth-order valence-electron chi connectivity index (χ4n) is 5.31. The first kappa shape index (κ1) is 17.6. The van der Waals surface area contributed by atoms with Crippen molar-refractivity contribution in [3.63, 3.8) is 0 Å². The van der Waals surface area contributed by atoms with Crippen molar-refractivity contribution in [2.24, 2.45) is 17.8 Å². The maximum absolute atomic E-state index is 13.3. The van der Waals surface area contributed by atoms with Gasteiger partial charge in [0.1, 0.15) is 4.75 Å². The number of sulfonamides is 1. The second-order valence-corrected chi connectivity index (χ2v) is 9.52. The van der Waals surface area contributed by atoms with Gasteiger partial charge in [0.2, 0.25) is 10.0 Å². The summed E-state index contributed by atoms with van der Waals surface area (Å²) in [6.45, 7) is -0.437. The number of hydrogen-bond acceptors (Lipinski definition) is 4. The fraction of sp³-hybridized carbons (Fsp3) is 0.588. The lowest BCUT2D eigenvalue weighted by Gasteiger charge is -2.35. The van der Waals surface area contributed by atoms with Crippen LogP contribution in [0.5, 0.6) is 0 Å². The van der Waals surface area contributed by atoms with Crippen LogP contribution in [-0.2, 0) is 16.2 Å². The molecule has 0 radical (unpaired) electrons. The zero-order chi connectivity index (χ0) is 18.9. The maximum Gasteiger partial charge on any atom is 0.417 e. The van der Waals surface area contributed by atoms with Gasteiger partial charge in [-0.3, -0.25) is 4.31 Å². The summed E-state index contributed by atoms with van der Waals surface area (Å²) in [5.41, 5.74) is -1.79. The summed E-state index contributed by atoms with van der Waals surface area (Å²) in [5.74, 6) is -0.258. The van der Waals surface area contributed by atoms with Crippen molar-refractivity contribution in [2.75, 3.05) is 17.5 Å². The first-order valence-corrected chi connectivity index (χ1v) is 9.85. The molecule has 4 atom stereocenters. The van der Waals surface area contributed by atoms with Gasteiger partial charge >= 0.3 is 6.18 Å². The minimum Gasteiger partial charge on any atom is -0.395 e. The predicted octanol–water partition coefficient (Wildman–Crippen LogP) is 2.50. The van der Waals surface area contributed by atoms with Gasteiger partial charge in [0.15, 0.2) is 0 Å². The first-order chi connectivity index (χ1) is 12.2. The average Bonchev–Trinajstić information content (AvgIpc) is 3.23. The molecule has 2 bridgehead atoms. The predicted molar refractivity (Wildman–Crippen MR) is 86.6 cm³/mol. The standard InChI is InChI=1S/C17H17F3N2O3S/c18-17(19,20)14-6-13(4-2-11(14)7-21)22-8-15-10-1-3-12(5-10)16(15,9-23)26(22,24)25/h2,4,6,10,12,15,23H,1,3,5,8-9H2/t10-,12-,15-,16+/m0/s1. The van der Waals surface area contributed by atoms with Gasteiger partial charge in [-0.15, -0.1) is 0 Å². The molecule has 2 saturated carbocycles. The molecule has 0 unspecified atom stereocenters. The Morgan fingerprint density at radius 2 is 2.08 bits per heavy atom. The van der Waals surface area contributed by atoms with Crippen LogP contribution in [0, 0.1) is 29.1 Å². The summed E-state index contributed by atoms with van der Waals surface area (Å²) in [6.07, 6.45) is -2.40. The maximum atomic E-state index is 13.3. The summed E-state index contributed by atoms with van der Waals surface area (Å²) >= 11 is 0. The van der Waals surface area contributed by atoms with Crippen LogP contribution in [0.4, 0.5) is 18.9 Å². The highest BCUT2D eigenvalue weighted by molar-refractivity contribution is 7.94. The van der Waals surface area contributed by atoms with E-state index < -0.39 is 38.7 Å². The Morgan fingerprint density at radius 3 is 2.65 bits per heavy atom. The smallest absolute Gasteiger partial charge is 0.395 e. The second-order valence-electron chi connectivity index (χ2n) is 7.37. The lowest BCUT2D eigenvalue weighted by Crippen LogP contribution is -2.50. The van der Waals surface area contributed by atoms with Crippen LogP contribution in [0.15, 0.2) is 18.2 Å². The Morgan fingerprint density at radius 1 is 1.35 bits per heavy atom. The second kappa shape index (κ2) is 5.36. The minimum atomic E-state index is -4.76. The van der Waals surface area contributed by atoms with Gasteiger partial charge in [0.05, 0.1) is 29.5 Å². The zero-order valence-corrected chi connectivity index (χ0v) is 14.5. The molecule has 3 fully saturated rings. The van der Waals surface area contributed by atoms with Crippen LogP contribution in [0.25, 0.3) is 0 Å². The first-order valence-electron chi connectivity index (χ1n) is 8.41. The number of nitriles is 1. The number of nitrogens with zero attached hydrogens (tertiary/aromatic N) is 2. The zero-order valence-electron chi connectivity index (χ0n) is 13.7. The summed E-state index contributed by atoms with van der Waals surface area (Å²) in [5, 5.41) is 18.9. The molecule has 2 aliphatic carbocycles. The average molecular weight is 386 g/mol. The van der Waals surface area contributed by atoms with E-state index in [2.05, 4.69) is 0 Å². The van der Waals surface area contributed by atoms with Gasteiger partial charge < -0.3 is 5.11 Å². The van der Waals surface area contributed by atoms with E-state index in [0.717, 1.165) is 35.7 Å². The Hall–Kier alpha value is -1.79. The van der Waals surface area contributed by atoms with Crippen molar-refractivity contribution in [3.05, 3.63) is 29.3 Å². The molecule has 0 aromatic heterocycles. The number of fused-ring (bicyclic) bond motifs is 5. The molecule has 1 saturated heterocycles. The lowest BCUT2D eigenvalue weighted by atomic mass is 9.79. The monoisotopic (exact) mass is 386 g/mol. The van der Waals surface area contributed by atoms with Crippen LogP contribution >= 0.6 is 0 Å². The number of hydrogen-bond donors (Lipinski definition) is 1. The lowest BCUT2D eigenvalue weighted by molar-refractivity contribution is -0.137. The van der Waals surface area contributed by atoms with Crippen molar-refractivity contribution in [1.82, 2.24) is 0 Å². The summed E-state index contributed by atoms with van der Waals surface area (Å²) in [4.78, 5) is 0. The highest BCUT2D eigenvalue weighted by atomic mass is 32.2. The summed E-state index contributed by atoms with van der Waals surface area (Å²) in [6, 6.07) is 4.46. The van der Waals surface area contributed by atoms with Crippen LogP contribution in [-0.4, -0.2) is 31.4 Å². The number of rotatable bonds is 2. The molecule has 3 aliphatic rings. The van der Waals surface area contributed by atoms with Crippen LogP contribution in [0.2, 0.25) is 0 Å². The third kappa shape index (κ3) is 2.03. The van der Waals surface area contributed by atoms with Gasteiger partial charge in [0, 0.05) is 12.5 Å². The molecule has 140 valence electrons. The van der Waals surface area contributed by atoms with Crippen molar-refractivity contribution in [1.29, 1.82) is 5.26 Å². The molecule has 4 rings (SSSR count). The van der Waals surface area contributed by atoms with Gasteiger partial charge in [-0.05, 0) is 49.3 Å². The van der Waals surface area contributed by atoms with Gasteiger partial charge in [-0.2, -0.15) is 18.4 Å². The molecule has 9 heteroatoms. The van der Waals surface area contributed by atoms with Gasteiger partial charge in [-0.1, -0.05) is 0 Å². The van der Waals surface area contributed by atoms with E-state index in [0.29, 0.717) is 0 Å². The molecule has 1 aliphatic heterocycles. The topological polar surface area (TPSA) is 81.4 Å². The molecule has 5 nitrogen and oxygen atoms in total. The van der Waals surface area contributed by atoms with Crippen LogP contribution in [0.3, 0.4) is 0 Å². The van der Waals surface area contributed by atoms with E-state index in [9.17, 15) is 26.7 Å². The number of aliphatic hydroxyl groups is 1. The molecule has 1 N–H and O–H groups in total. The van der Waals surface area contributed by atoms with E-state index in [1.807, 2.05) is 0 Å². The molecule has 0 spiro atoms. The highest BCUT2D eigenvalue weighted by Gasteiger charge is 2.70. The molecule has 26 heavy (non-hydrogen) atoms. The summed E-state index contributed by atoms with van der Waals surface area (Å²) in [7, 11) is -4.01. The number of benzene rings is 1. The third-order valence-electron chi connectivity index (χ3n) is 6.46. The Kier molecular flexibility index (Phi) is 3.63. The molecule has 1 aromatic rings. The van der Waals surface area contributed by atoms with Crippen molar-refractivity contribution in [3.8, 4) is 6.07 Å². The van der Waals surface area contributed by atoms with Gasteiger partial charge in [-0.25, -0.2) is 8.42 Å².